The van der Waals surface area contributed by atoms with E-state index in [1.54, 1.807) is 0 Å². The van der Waals surface area contributed by atoms with Crippen LogP contribution in [-0.2, 0) is 28.6 Å². The quantitative estimate of drug-likeness (QED) is 0.0262. The summed E-state index contributed by atoms with van der Waals surface area (Å²) < 4.78 is 16.8. The molecule has 6 nitrogen and oxygen atoms in total. The lowest BCUT2D eigenvalue weighted by molar-refractivity contribution is -0.167. The molecule has 0 saturated carbocycles. The summed E-state index contributed by atoms with van der Waals surface area (Å²) >= 11 is 0. The predicted octanol–water partition coefficient (Wildman–Crippen LogP) is 19.2. The van der Waals surface area contributed by atoms with Crippen molar-refractivity contribution in [2.75, 3.05) is 13.2 Å². The summed E-state index contributed by atoms with van der Waals surface area (Å²) in [5.74, 6) is -0.929. The molecule has 0 aromatic rings. The first-order chi connectivity index (χ1) is 33.0. The number of hydrogen-bond donors (Lipinski definition) is 0. The van der Waals surface area contributed by atoms with Crippen molar-refractivity contribution < 1.29 is 28.6 Å². The molecule has 0 unspecified atom stereocenters. The van der Waals surface area contributed by atoms with Crippen molar-refractivity contribution in [1.29, 1.82) is 0 Å². The number of allylic oxidation sites excluding steroid dienone is 10. The van der Waals surface area contributed by atoms with Crippen molar-refractivity contribution >= 4 is 17.9 Å². The van der Waals surface area contributed by atoms with E-state index in [0.29, 0.717) is 19.3 Å². The number of carbonyl (C=O) groups is 3. The van der Waals surface area contributed by atoms with E-state index in [9.17, 15) is 14.4 Å². The Morgan fingerprint density at radius 2 is 0.582 bits per heavy atom. The maximum atomic E-state index is 12.8. The molecular formula is C61H108O6. The number of hydrogen-bond acceptors (Lipinski definition) is 6. The summed E-state index contributed by atoms with van der Waals surface area (Å²) in [6, 6.07) is 0. The zero-order valence-corrected chi connectivity index (χ0v) is 44.4. The molecule has 0 rings (SSSR count). The van der Waals surface area contributed by atoms with Gasteiger partial charge in [0, 0.05) is 19.3 Å². The van der Waals surface area contributed by atoms with Gasteiger partial charge in [0.15, 0.2) is 6.10 Å². The summed E-state index contributed by atoms with van der Waals surface area (Å²) in [6.07, 6.45) is 69.4. The van der Waals surface area contributed by atoms with Crippen molar-refractivity contribution in [3.05, 3.63) is 60.8 Å². The molecule has 0 heterocycles. The summed E-state index contributed by atoms with van der Waals surface area (Å²) in [5.41, 5.74) is 0. The van der Waals surface area contributed by atoms with E-state index in [2.05, 4.69) is 81.5 Å². The highest BCUT2D eigenvalue weighted by molar-refractivity contribution is 5.71. The SMILES string of the molecule is CC/C=C\C/C=C\C/C=C\C/C=C\CCCCC(=O)OC[C@H](COC(=O)CCCCCCCCCCCCCCCCCCCCCCC)OC(=O)CCCCCCC/C=C\CCCCCC. The van der Waals surface area contributed by atoms with Gasteiger partial charge in [0.1, 0.15) is 13.2 Å². The Balaban J connectivity index is 4.34. The predicted molar refractivity (Wildman–Crippen MR) is 288 cm³/mol. The fourth-order valence-electron chi connectivity index (χ4n) is 8.19. The molecular weight excluding hydrogens is 829 g/mol. The lowest BCUT2D eigenvalue weighted by Gasteiger charge is -2.18. The molecule has 0 amide bonds. The van der Waals surface area contributed by atoms with Gasteiger partial charge in [-0.05, 0) is 83.5 Å². The average Bonchev–Trinajstić information content (AvgIpc) is 3.33. The number of unbranched alkanes of at least 4 members (excludes halogenated alkanes) is 31. The number of ether oxygens (including phenoxy) is 3. The van der Waals surface area contributed by atoms with E-state index in [0.717, 1.165) is 96.3 Å². The molecule has 1 atom stereocenters. The lowest BCUT2D eigenvalue weighted by atomic mass is 10.0. The molecule has 0 aliphatic rings. The van der Waals surface area contributed by atoms with Gasteiger partial charge in [-0.25, -0.2) is 0 Å². The first kappa shape index (κ1) is 64.1. The van der Waals surface area contributed by atoms with E-state index in [1.807, 2.05) is 0 Å². The van der Waals surface area contributed by atoms with Crippen molar-refractivity contribution in [1.82, 2.24) is 0 Å². The van der Waals surface area contributed by atoms with Crippen LogP contribution in [0, 0.1) is 0 Å². The molecule has 0 fully saturated rings. The standard InChI is InChI=1S/C61H108O6/c1-4-7-10-13-16-19-22-25-27-28-29-30-31-32-34-37-39-42-45-48-51-54-60(63)66-57-58(67-61(64)55-52-49-46-43-40-35-24-21-18-15-12-9-6-3)56-65-59(62)53-50-47-44-41-38-36-33-26-23-20-17-14-11-8-5-2/h8,11,17,20-21,24,26,33,38,41,58H,4-7,9-10,12-16,18-19,22-23,25,27-32,34-37,39-40,42-57H2,1-3H3/b11-8-,20-17-,24-21-,33-26-,41-38-/t58-/m1/s1. The van der Waals surface area contributed by atoms with Gasteiger partial charge in [-0.1, -0.05) is 248 Å². The molecule has 388 valence electrons. The van der Waals surface area contributed by atoms with Crippen LogP contribution < -0.4 is 0 Å². The topological polar surface area (TPSA) is 78.9 Å². The van der Waals surface area contributed by atoms with Crippen LogP contribution in [0.15, 0.2) is 60.8 Å². The van der Waals surface area contributed by atoms with Gasteiger partial charge >= 0.3 is 17.9 Å². The minimum absolute atomic E-state index is 0.0882. The maximum Gasteiger partial charge on any atom is 0.306 e. The van der Waals surface area contributed by atoms with Gasteiger partial charge in [-0.15, -0.1) is 0 Å². The molecule has 6 heteroatoms. The highest BCUT2D eigenvalue weighted by atomic mass is 16.6. The van der Waals surface area contributed by atoms with Crippen LogP contribution in [0.2, 0.25) is 0 Å². The third kappa shape index (κ3) is 53.9. The van der Waals surface area contributed by atoms with E-state index in [-0.39, 0.29) is 31.1 Å². The molecule has 0 N–H and O–H groups in total. The fourth-order valence-corrected chi connectivity index (χ4v) is 8.19. The third-order valence-corrected chi connectivity index (χ3v) is 12.5. The molecule has 0 aliphatic heterocycles. The van der Waals surface area contributed by atoms with E-state index >= 15 is 0 Å². The summed E-state index contributed by atoms with van der Waals surface area (Å²) in [4.78, 5) is 38.1. The van der Waals surface area contributed by atoms with Crippen LogP contribution in [0.4, 0.5) is 0 Å². The fraction of sp³-hybridized carbons (Fsp3) is 0.787. The van der Waals surface area contributed by atoms with Crippen molar-refractivity contribution in [2.24, 2.45) is 0 Å². The van der Waals surface area contributed by atoms with Gasteiger partial charge in [0.25, 0.3) is 0 Å². The Kier molecular flexibility index (Phi) is 53.3. The lowest BCUT2D eigenvalue weighted by Crippen LogP contribution is -2.30. The number of carbonyl (C=O) groups excluding carboxylic acids is 3. The molecule has 0 aliphatic carbocycles. The van der Waals surface area contributed by atoms with Crippen LogP contribution in [0.25, 0.3) is 0 Å². The number of esters is 3. The van der Waals surface area contributed by atoms with E-state index < -0.39 is 6.10 Å². The highest BCUT2D eigenvalue weighted by Gasteiger charge is 2.19. The van der Waals surface area contributed by atoms with Crippen molar-refractivity contribution in [2.45, 2.75) is 297 Å². The minimum atomic E-state index is -0.793. The Morgan fingerprint density at radius 3 is 0.970 bits per heavy atom. The summed E-state index contributed by atoms with van der Waals surface area (Å²) in [7, 11) is 0. The van der Waals surface area contributed by atoms with Gasteiger partial charge in [0.05, 0.1) is 0 Å². The molecule has 0 bridgehead atoms. The normalized spacial score (nSPS) is 12.5. The van der Waals surface area contributed by atoms with Crippen LogP contribution in [-0.4, -0.2) is 37.2 Å². The van der Waals surface area contributed by atoms with Crippen molar-refractivity contribution in [3.8, 4) is 0 Å². The van der Waals surface area contributed by atoms with E-state index in [1.165, 1.54) is 154 Å². The van der Waals surface area contributed by atoms with Crippen LogP contribution >= 0.6 is 0 Å². The molecule has 0 aromatic heterocycles. The molecule has 0 radical (unpaired) electrons. The van der Waals surface area contributed by atoms with E-state index in [4.69, 9.17) is 14.2 Å². The maximum absolute atomic E-state index is 12.8. The molecule has 0 aromatic carbocycles. The second-order valence-electron chi connectivity index (χ2n) is 19.2. The molecule has 0 spiro atoms. The monoisotopic (exact) mass is 937 g/mol. The first-order valence-corrected chi connectivity index (χ1v) is 28.8. The van der Waals surface area contributed by atoms with Crippen molar-refractivity contribution in [3.63, 3.8) is 0 Å². The Morgan fingerprint density at radius 1 is 0.313 bits per heavy atom. The van der Waals surface area contributed by atoms with Crippen LogP contribution in [0.1, 0.15) is 290 Å². The zero-order valence-electron chi connectivity index (χ0n) is 44.4. The van der Waals surface area contributed by atoms with Gasteiger partial charge in [-0.3, -0.25) is 14.4 Å². The van der Waals surface area contributed by atoms with Gasteiger partial charge in [-0.2, -0.15) is 0 Å². The second kappa shape index (κ2) is 55.7. The third-order valence-electron chi connectivity index (χ3n) is 12.5. The largest absolute Gasteiger partial charge is 0.462 e. The second-order valence-corrected chi connectivity index (χ2v) is 19.2. The Bertz CT molecular complexity index is 1210. The molecule has 67 heavy (non-hydrogen) atoms. The molecule has 0 saturated heterocycles. The average molecular weight is 938 g/mol. The zero-order chi connectivity index (χ0) is 48.6. The van der Waals surface area contributed by atoms with Crippen LogP contribution in [0.5, 0.6) is 0 Å². The summed E-state index contributed by atoms with van der Waals surface area (Å²) in [5, 5.41) is 0. The Hall–Kier alpha value is -2.89. The minimum Gasteiger partial charge on any atom is -0.462 e. The highest BCUT2D eigenvalue weighted by Crippen LogP contribution is 2.16. The Labute approximate surface area is 415 Å². The van der Waals surface area contributed by atoms with Gasteiger partial charge < -0.3 is 14.2 Å². The van der Waals surface area contributed by atoms with Crippen LogP contribution in [0.3, 0.4) is 0 Å². The summed E-state index contributed by atoms with van der Waals surface area (Å²) in [6.45, 7) is 6.50. The first-order valence-electron chi connectivity index (χ1n) is 28.8. The van der Waals surface area contributed by atoms with Gasteiger partial charge in [0.2, 0.25) is 0 Å². The smallest absolute Gasteiger partial charge is 0.306 e. The number of rotatable bonds is 52.